The predicted molar refractivity (Wildman–Crippen MR) is 78.0 cm³/mol. The molecule has 0 unspecified atom stereocenters. The molecule has 0 saturated heterocycles. The molecule has 0 atom stereocenters. The van der Waals surface area contributed by atoms with Crippen LogP contribution in [-0.2, 0) is 14.3 Å². The van der Waals surface area contributed by atoms with Crippen molar-refractivity contribution < 1.29 is 24.2 Å². The highest BCUT2D eigenvalue weighted by Gasteiger charge is 2.30. The molecular weight excluding hydrogens is 290 g/mol. The average molecular weight is 305 g/mol. The van der Waals surface area contributed by atoms with E-state index in [0.717, 1.165) is 4.90 Å². The van der Waals surface area contributed by atoms with E-state index in [1.54, 1.807) is 24.3 Å². The van der Waals surface area contributed by atoms with E-state index in [2.05, 4.69) is 15.4 Å². The van der Waals surface area contributed by atoms with Gasteiger partial charge in [-0.1, -0.05) is 6.07 Å². The second-order valence-corrected chi connectivity index (χ2v) is 4.40. The normalized spacial score (nSPS) is 13.9. The number of carbonyl (C=O) groups excluding carboxylic acids is 3. The summed E-state index contributed by atoms with van der Waals surface area (Å²) in [4.78, 5) is 35.7. The number of aliphatic hydroxyl groups is 1. The van der Waals surface area contributed by atoms with Gasteiger partial charge in [0.25, 0.3) is 11.8 Å². The molecule has 1 aliphatic rings. The van der Waals surface area contributed by atoms with E-state index in [-0.39, 0.29) is 18.8 Å². The van der Waals surface area contributed by atoms with Gasteiger partial charge < -0.3 is 15.2 Å². The molecular formula is C14H15N3O5. The highest BCUT2D eigenvalue weighted by atomic mass is 16.5. The summed E-state index contributed by atoms with van der Waals surface area (Å²) in [6, 6.07) is 6.58. The van der Waals surface area contributed by atoms with E-state index in [0.29, 0.717) is 11.4 Å². The number of anilines is 2. The Morgan fingerprint density at radius 1 is 1.32 bits per heavy atom. The highest BCUT2D eigenvalue weighted by molar-refractivity contribution is 6.17. The molecule has 0 spiro atoms. The molecule has 3 N–H and O–H groups in total. The van der Waals surface area contributed by atoms with Crippen molar-refractivity contribution in [2.45, 2.75) is 0 Å². The number of rotatable bonds is 5. The van der Waals surface area contributed by atoms with Crippen LogP contribution >= 0.6 is 0 Å². The molecule has 8 nitrogen and oxygen atoms in total. The molecule has 1 aromatic rings. The van der Waals surface area contributed by atoms with Crippen LogP contribution in [0.3, 0.4) is 0 Å². The highest BCUT2D eigenvalue weighted by Crippen LogP contribution is 2.20. The maximum absolute atomic E-state index is 12.0. The number of amides is 3. The molecule has 1 aromatic carbocycles. The van der Waals surface area contributed by atoms with Gasteiger partial charge in [0, 0.05) is 17.5 Å². The molecule has 0 aliphatic carbocycles. The van der Waals surface area contributed by atoms with Crippen molar-refractivity contribution in [3.05, 3.63) is 36.0 Å². The molecule has 116 valence electrons. The van der Waals surface area contributed by atoms with Crippen LogP contribution in [0.1, 0.15) is 0 Å². The van der Waals surface area contributed by atoms with Crippen LogP contribution < -0.4 is 10.6 Å². The maximum Gasteiger partial charge on any atom is 0.411 e. The quantitative estimate of drug-likeness (QED) is 0.685. The Bertz CT molecular complexity index is 641. The smallest absolute Gasteiger partial charge is 0.411 e. The number of methoxy groups -OCH3 is 1. The first-order chi connectivity index (χ1) is 10.5. The largest absolute Gasteiger partial charge is 0.453 e. The summed E-state index contributed by atoms with van der Waals surface area (Å²) in [5, 5.41) is 14.1. The van der Waals surface area contributed by atoms with Crippen LogP contribution in [0.2, 0.25) is 0 Å². The maximum atomic E-state index is 12.0. The van der Waals surface area contributed by atoms with Gasteiger partial charge >= 0.3 is 6.09 Å². The van der Waals surface area contributed by atoms with Crippen LogP contribution in [0, 0.1) is 0 Å². The molecule has 8 heteroatoms. The van der Waals surface area contributed by atoms with Gasteiger partial charge in [0.2, 0.25) is 0 Å². The Kier molecular flexibility index (Phi) is 4.74. The van der Waals surface area contributed by atoms with Crippen molar-refractivity contribution >= 4 is 29.3 Å². The molecule has 0 fully saturated rings. The Hall–Kier alpha value is -2.87. The number of aliphatic hydroxyl groups excluding tert-OH is 1. The van der Waals surface area contributed by atoms with Crippen molar-refractivity contribution in [1.29, 1.82) is 0 Å². The number of ether oxygens (including phenoxy) is 1. The Morgan fingerprint density at radius 3 is 2.73 bits per heavy atom. The van der Waals surface area contributed by atoms with Crippen molar-refractivity contribution in [3.63, 3.8) is 0 Å². The van der Waals surface area contributed by atoms with Crippen molar-refractivity contribution in [2.24, 2.45) is 0 Å². The van der Waals surface area contributed by atoms with Gasteiger partial charge in [0.15, 0.2) is 0 Å². The fraction of sp³-hybridized carbons (Fsp3) is 0.214. The standard InChI is InChI=1S/C14H15N3O5/c1-22-14(21)16-10-4-2-3-9(7-10)15-11-8-12(19)17(5-6-18)13(11)20/h2-4,7-8,15,18H,5-6H2,1H3,(H,16,21). The lowest BCUT2D eigenvalue weighted by Gasteiger charge is -2.13. The first-order valence-corrected chi connectivity index (χ1v) is 6.45. The Morgan fingerprint density at radius 2 is 2.05 bits per heavy atom. The van der Waals surface area contributed by atoms with E-state index < -0.39 is 17.9 Å². The molecule has 0 saturated carbocycles. The van der Waals surface area contributed by atoms with Crippen LogP contribution in [0.4, 0.5) is 16.2 Å². The van der Waals surface area contributed by atoms with E-state index in [1.165, 1.54) is 13.2 Å². The zero-order valence-corrected chi connectivity index (χ0v) is 11.8. The minimum absolute atomic E-state index is 0.0523. The van der Waals surface area contributed by atoms with Crippen LogP contribution in [-0.4, -0.2) is 48.2 Å². The fourth-order valence-electron chi connectivity index (χ4n) is 1.91. The second kappa shape index (κ2) is 6.72. The van der Waals surface area contributed by atoms with E-state index in [4.69, 9.17) is 5.11 Å². The van der Waals surface area contributed by atoms with Gasteiger partial charge in [0.1, 0.15) is 5.70 Å². The van der Waals surface area contributed by atoms with Gasteiger partial charge in [0.05, 0.1) is 20.3 Å². The summed E-state index contributed by atoms with van der Waals surface area (Å²) < 4.78 is 4.49. The van der Waals surface area contributed by atoms with Crippen molar-refractivity contribution in [3.8, 4) is 0 Å². The summed E-state index contributed by atoms with van der Waals surface area (Å²) in [5.74, 6) is -0.990. The molecule has 22 heavy (non-hydrogen) atoms. The number of hydrogen-bond acceptors (Lipinski definition) is 6. The van der Waals surface area contributed by atoms with Crippen molar-refractivity contribution in [1.82, 2.24) is 4.90 Å². The summed E-state index contributed by atoms with van der Waals surface area (Å²) in [5.41, 5.74) is 1.10. The van der Waals surface area contributed by atoms with Gasteiger partial charge in [-0.05, 0) is 18.2 Å². The van der Waals surface area contributed by atoms with E-state index in [9.17, 15) is 14.4 Å². The zero-order chi connectivity index (χ0) is 16.1. The second-order valence-electron chi connectivity index (χ2n) is 4.40. The molecule has 0 bridgehead atoms. The lowest BCUT2D eigenvalue weighted by Crippen LogP contribution is -2.34. The number of β-amino-alcohol motifs (C(OH)–C–C–N with tert-alkyl or cyclic N) is 1. The summed E-state index contributed by atoms with van der Waals surface area (Å²) in [6.45, 7) is -0.347. The summed E-state index contributed by atoms with van der Waals surface area (Å²) in [6.07, 6.45) is 0.552. The monoisotopic (exact) mass is 305 g/mol. The van der Waals surface area contributed by atoms with Gasteiger partial charge in [-0.25, -0.2) is 4.79 Å². The van der Waals surface area contributed by atoms with Gasteiger partial charge in [-0.3, -0.25) is 19.8 Å². The summed E-state index contributed by atoms with van der Waals surface area (Å²) in [7, 11) is 1.25. The number of nitrogens with one attached hydrogen (secondary N) is 2. The van der Waals surface area contributed by atoms with E-state index in [1.807, 2.05) is 0 Å². The summed E-state index contributed by atoms with van der Waals surface area (Å²) >= 11 is 0. The minimum atomic E-state index is -0.613. The Balaban J connectivity index is 2.10. The molecule has 2 rings (SSSR count). The fourth-order valence-corrected chi connectivity index (χ4v) is 1.91. The molecule has 1 heterocycles. The first-order valence-electron chi connectivity index (χ1n) is 6.45. The lowest BCUT2D eigenvalue weighted by atomic mass is 10.2. The van der Waals surface area contributed by atoms with E-state index >= 15 is 0 Å². The topological polar surface area (TPSA) is 108 Å². The van der Waals surface area contributed by atoms with Crippen LogP contribution in [0.15, 0.2) is 36.0 Å². The zero-order valence-electron chi connectivity index (χ0n) is 11.8. The third kappa shape index (κ3) is 3.41. The van der Waals surface area contributed by atoms with Gasteiger partial charge in [-0.15, -0.1) is 0 Å². The van der Waals surface area contributed by atoms with Crippen molar-refractivity contribution in [2.75, 3.05) is 30.9 Å². The first kappa shape index (κ1) is 15.5. The average Bonchev–Trinajstić information content (AvgIpc) is 2.75. The SMILES string of the molecule is COC(=O)Nc1cccc(NC2=CC(=O)N(CCO)C2=O)c1. The molecule has 0 aromatic heterocycles. The third-order valence-corrected chi connectivity index (χ3v) is 2.91. The lowest BCUT2D eigenvalue weighted by molar-refractivity contribution is -0.137. The third-order valence-electron chi connectivity index (χ3n) is 2.91. The van der Waals surface area contributed by atoms with Crippen LogP contribution in [0.25, 0.3) is 0 Å². The Labute approximate surface area is 126 Å². The predicted octanol–water partition coefficient (Wildman–Crippen LogP) is 0.522. The number of benzene rings is 1. The molecule has 3 amide bonds. The minimum Gasteiger partial charge on any atom is -0.453 e. The van der Waals surface area contributed by atoms with Gasteiger partial charge in [-0.2, -0.15) is 0 Å². The number of imide groups is 1. The molecule has 0 radical (unpaired) electrons. The number of nitrogens with zero attached hydrogens (tertiary/aromatic N) is 1. The number of hydrogen-bond donors (Lipinski definition) is 3. The number of carbonyl (C=O) groups is 3. The molecule has 1 aliphatic heterocycles. The van der Waals surface area contributed by atoms with Crippen LogP contribution in [0.5, 0.6) is 0 Å².